The molecular weight excluding hydrogens is 240 g/mol. The van der Waals surface area contributed by atoms with Gasteiger partial charge in [0.25, 0.3) is 5.91 Å². The van der Waals surface area contributed by atoms with E-state index in [4.69, 9.17) is 10.00 Å². The molecule has 0 aliphatic carbocycles. The first-order valence-electron chi connectivity index (χ1n) is 6.33. The van der Waals surface area contributed by atoms with E-state index in [1.807, 2.05) is 24.3 Å². The Balaban J connectivity index is 2.30. The van der Waals surface area contributed by atoms with E-state index in [0.29, 0.717) is 0 Å². The molecule has 1 fully saturated rings. The molecule has 0 saturated carbocycles. The molecule has 1 aromatic rings. The van der Waals surface area contributed by atoms with Crippen molar-refractivity contribution in [3.8, 4) is 6.07 Å². The number of ether oxygens (including phenoxy) is 1. The minimum atomic E-state index is -0.540. The average Bonchev–Trinajstić information content (AvgIpc) is 2.37. The molecule has 1 aromatic carbocycles. The molecule has 1 aliphatic rings. The number of anilines is 1. The van der Waals surface area contributed by atoms with Gasteiger partial charge in [-0.1, -0.05) is 32.9 Å². The Morgan fingerprint density at radius 2 is 1.95 bits per heavy atom. The van der Waals surface area contributed by atoms with Gasteiger partial charge in [-0.05, 0) is 23.1 Å². The number of hydrogen-bond acceptors (Lipinski definition) is 3. The monoisotopic (exact) mass is 258 g/mol. The van der Waals surface area contributed by atoms with Gasteiger partial charge in [0.15, 0.2) is 0 Å². The molecule has 100 valence electrons. The first kappa shape index (κ1) is 13.6. The van der Waals surface area contributed by atoms with Gasteiger partial charge in [-0.15, -0.1) is 0 Å². The number of carbonyl (C=O) groups is 1. The normalized spacial score (nSPS) is 20.2. The van der Waals surface area contributed by atoms with Gasteiger partial charge in [0, 0.05) is 5.69 Å². The third kappa shape index (κ3) is 2.77. The summed E-state index contributed by atoms with van der Waals surface area (Å²) in [6, 6.07) is 9.37. The summed E-state index contributed by atoms with van der Waals surface area (Å²) in [5.74, 6) is -0.165. The third-order valence-corrected chi connectivity index (χ3v) is 3.24. The standard InChI is InChI=1S/C15H18N2O2/c1-15(2,3)11-4-6-12(7-5-11)17-13(8-16)9-19-10-14(17)18/h4-7,13H,9-10H2,1-3H3. The SMILES string of the molecule is CC(C)(C)c1ccc(N2C(=O)COCC2C#N)cc1. The summed E-state index contributed by atoms with van der Waals surface area (Å²) in [5.41, 5.74) is 2.03. The molecule has 1 unspecified atom stereocenters. The summed E-state index contributed by atoms with van der Waals surface area (Å²) in [6.45, 7) is 6.72. The van der Waals surface area contributed by atoms with Crippen LogP contribution in [0.5, 0.6) is 0 Å². The van der Waals surface area contributed by atoms with E-state index < -0.39 is 6.04 Å². The highest BCUT2D eigenvalue weighted by Gasteiger charge is 2.30. The molecule has 1 heterocycles. The number of amides is 1. The number of hydrogen-bond donors (Lipinski definition) is 0. The molecule has 1 amide bonds. The molecule has 0 aromatic heterocycles. The van der Waals surface area contributed by atoms with Gasteiger partial charge >= 0.3 is 0 Å². The van der Waals surface area contributed by atoms with E-state index in [-0.39, 0.29) is 24.5 Å². The molecule has 1 atom stereocenters. The fourth-order valence-electron chi connectivity index (χ4n) is 2.12. The van der Waals surface area contributed by atoms with Crippen LogP contribution in [0.3, 0.4) is 0 Å². The minimum Gasteiger partial charge on any atom is -0.368 e. The summed E-state index contributed by atoms with van der Waals surface area (Å²) in [6.07, 6.45) is 0. The van der Waals surface area contributed by atoms with Gasteiger partial charge in [0.05, 0.1) is 12.7 Å². The second-order valence-electron chi connectivity index (χ2n) is 5.72. The lowest BCUT2D eigenvalue weighted by Gasteiger charge is -2.31. The van der Waals surface area contributed by atoms with E-state index >= 15 is 0 Å². The highest BCUT2D eigenvalue weighted by molar-refractivity contribution is 5.96. The van der Waals surface area contributed by atoms with E-state index in [2.05, 4.69) is 26.8 Å². The first-order chi connectivity index (χ1) is 8.93. The number of rotatable bonds is 1. The van der Waals surface area contributed by atoms with Crippen molar-refractivity contribution >= 4 is 11.6 Å². The number of nitriles is 1. The Hall–Kier alpha value is -1.86. The number of morpholine rings is 1. The number of benzene rings is 1. The quantitative estimate of drug-likeness (QED) is 0.776. The zero-order chi connectivity index (χ0) is 14.0. The summed E-state index contributed by atoms with van der Waals surface area (Å²) in [5, 5.41) is 9.10. The van der Waals surface area contributed by atoms with E-state index in [1.165, 1.54) is 10.5 Å². The van der Waals surface area contributed by atoms with E-state index in [0.717, 1.165) is 5.69 Å². The smallest absolute Gasteiger partial charge is 0.254 e. The van der Waals surface area contributed by atoms with E-state index in [9.17, 15) is 4.79 Å². The summed E-state index contributed by atoms with van der Waals surface area (Å²) >= 11 is 0. The topological polar surface area (TPSA) is 53.3 Å². The van der Waals surface area contributed by atoms with Crippen molar-refractivity contribution in [2.75, 3.05) is 18.1 Å². The predicted octanol–water partition coefficient (Wildman–Crippen LogP) is 2.24. The Morgan fingerprint density at radius 1 is 1.32 bits per heavy atom. The van der Waals surface area contributed by atoms with Gasteiger partial charge in [-0.2, -0.15) is 5.26 Å². The molecule has 0 radical (unpaired) electrons. The first-order valence-corrected chi connectivity index (χ1v) is 6.33. The van der Waals surface area contributed by atoms with Crippen molar-refractivity contribution in [3.05, 3.63) is 29.8 Å². The summed E-state index contributed by atoms with van der Waals surface area (Å²) in [7, 11) is 0. The molecule has 4 heteroatoms. The Labute approximate surface area is 113 Å². The second-order valence-corrected chi connectivity index (χ2v) is 5.72. The maximum atomic E-state index is 11.9. The third-order valence-electron chi connectivity index (χ3n) is 3.24. The molecule has 19 heavy (non-hydrogen) atoms. The van der Waals surface area contributed by atoms with Crippen molar-refractivity contribution in [3.63, 3.8) is 0 Å². The van der Waals surface area contributed by atoms with Crippen LogP contribution in [0.4, 0.5) is 5.69 Å². The molecule has 0 spiro atoms. The molecule has 0 bridgehead atoms. The minimum absolute atomic E-state index is 0.0409. The van der Waals surface area contributed by atoms with Crippen LogP contribution in [-0.2, 0) is 14.9 Å². The van der Waals surface area contributed by atoms with Crippen molar-refractivity contribution in [1.82, 2.24) is 0 Å². The highest BCUT2D eigenvalue weighted by Crippen LogP contribution is 2.26. The number of carbonyl (C=O) groups excluding carboxylic acids is 1. The summed E-state index contributed by atoms with van der Waals surface area (Å²) in [4.78, 5) is 13.4. The Morgan fingerprint density at radius 3 is 2.47 bits per heavy atom. The van der Waals surface area contributed by atoms with Crippen LogP contribution in [0, 0.1) is 11.3 Å². The highest BCUT2D eigenvalue weighted by atomic mass is 16.5. The van der Waals surface area contributed by atoms with Gasteiger partial charge < -0.3 is 4.74 Å². The van der Waals surface area contributed by atoms with Crippen molar-refractivity contribution in [2.45, 2.75) is 32.2 Å². The van der Waals surface area contributed by atoms with Crippen LogP contribution in [-0.4, -0.2) is 25.2 Å². The van der Waals surface area contributed by atoms with E-state index in [1.54, 1.807) is 0 Å². The van der Waals surface area contributed by atoms with Crippen LogP contribution in [0.25, 0.3) is 0 Å². The Bertz CT molecular complexity index is 508. The predicted molar refractivity (Wildman–Crippen MR) is 72.8 cm³/mol. The maximum Gasteiger partial charge on any atom is 0.254 e. The zero-order valence-electron chi connectivity index (χ0n) is 11.5. The fraction of sp³-hybridized carbons (Fsp3) is 0.467. The lowest BCUT2D eigenvalue weighted by Crippen LogP contribution is -2.49. The van der Waals surface area contributed by atoms with Crippen LogP contribution < -0.4 is 4.90 Å². The molecule has 0 N–H and O–H groups in total. The van der Waals surface area contributed by atoms with Crippen LogP contribution in [0.1, 0.15) is 26.3 Å². The lowest BCUT2D eigenvalue weighted by atomic mass is 9.87. The fourth-order valence-corrected chi connectivity index (χ4v) is 2.12. The lowest BCUT2D eigenvalue weighted by molar-refractivity contribution is -0.126. The van der Waals surface area contributed by atoms with Gasteiger partial charge in [0.2, 0.25) is 0 Å². The van der Waals surface area contributed by atoms with Crippen molar-refractivity contribution < 1.29 is 9.53 Å². The Kier molecular flexibility index (Phi) is 3.59. The molecular formula is C15H18N2O2. The van der Waals surface area contributed by atoms with Gasteiger partial charge in [-0.25, -0.2) is 0 Å². The van der Waals surface area contributed by atoms with Gasteiger partial charge in [-0.3, -0.25) is 9.69 Å². The van der Waals surface area contributed by atoms with Crippen LogP contribution in [0.15, 0.2) is 24.3 Å². The van der Waals surface area contributed by atoms with Crippen molar-refractivity contribution in [1.29, 1.82) is 5.26 Å². The van der Waals surface area contributed by atoms with Gasteiger partial charge in [0.1, 0.15) is 12.6 Å². The van der Waals surface area contributed by atoms with Crippen molar-refractivity contribution in [2.24, 2.45) is 0 Å². The average molecular weight is 258 g/mol. The zero-order valence-corrected chi connectivity index (χ0v) is 11.5. The maximum absolute atomic E-state index is 11.9. The molecule has 1 aliphatic heterocycles. The largest absolute Gasteiger partial charge is 0.368 e. The second kappa shape index (κ2) is 5.02. The number of nitrogens with zero attached hydrogens (tertiary/aromatic N) is 2. The summed E-state index contributed by atoms with van der Waals surface area (Å²) < 4.78 is 5.10. The molecule has 1 saturated heterocycles. The van der Waals surface area contributed by atoms with Crippen LogP contribution >= 0.6 is 0 Å². The molecule has 4 nitrogen and oxygen atoms in total. The van der Waals surface area contributed by atoms with Crippen LogP contribution in [0.2, 0.25) is 0 Å². The molecule has 2 rings (SSSR count).